The largest absolute Gasteiger partial charge is 0.490 e. The third-order valence-corrected chi connectivity index (χ3v) is 7.40. The smallest absolute Gasteiger partial charge is 0.298 e. The third kappa shape index (κ3) is 6.09. The predicted octanol–water partition coefficient (Wildman–Crippen LogP) is 8.47. The van der Waals surface area contributed by atoms with Crippen LogP contribution in [0.2, 0.25) is 15.1 Å². The Hall–Kier alpha value is -1.91. The van der Waals surface area contributed by atoms with E-state index in [-0.39, 0.29) is 11.8 Å². The quantitative estimate of drug-likeness (QED) is 0.188. The summed E-state index contributed by atoms with van der Waals surface area (Å²) < 4.78 is 12.6. The van der Waals surface area contributed by atoms with Crippen molar-refractivity contribution < 1.29 is 19.1 Å². The molecule has 0 atom stereocenters. The molecule has 0 saturated carbocycles. The Labute approximate surface area is 235 Å². The zero-order valence-electron chi connectivity index (χ0n) is 18.2. The van der Waals surface area contributed by atoms with E-state index in [4.69, 9.17) is 44.3 Å². The van der Waals surface area contributed by atoms with E-state index >= 15 is 0 Å². The molecule has 0 radical (unpaired) electrons. The molecule has 10 heteroatoms. The number of carbonyl (C=O) groups is 2. The molecule has 4 rings (SSSR count). The fourth-order valence-corrected chi connectivity index (χ4v) is 5.51. The van der Waals surface area contributed by atoms with Crippen molar-refractivity contribution in [1.82, 2.24) is 0 Å². The van der Waals surface area contributed by atoms with Gasteiger partial charge in [-0.1, -0.05) is 40.9 Å². The monoisotopic (exact) mass is 659 g/mol. The number of imide groups is 1. The molecule has 0 bridgehead atoms. The van der Waals surface area contributed by atoms with Gasteiger partial charge in [0.05, 0.1) is 20.8 Å². The van der Waals surface area contributed by atoms with E-state index in [1.165, 1.54) is 0 Å². The van der Waals surface area contributed by atoms with Crippen LogP contribution in [-0.4, -0.2) is 17.8 Å². The number of benzene rings is 3. The van der Waals surface area contributed by atoms with E-state index in [1.807, 2.05) is 19.1 Å². The van der Waals surface area contributed by atoms with Crippen LogP contribution in [0.5, 0.6) is 11.5 Å². The number of anilines is 1. The number of nitrogens with zero attached hydrogens (tertiary/aromatic N) is 1. The van der Waals surface area contributed by atoms with Crippen LogP contribution in [-0.2, 0) is 11.4 Å². The second kappa shape index (κ2) is 11.4. The standard InChI is InChI=1S/C25H17Cl3INO4S/c1-2-33-21-10-14(9-20(29)23(21)34-13-15-3-4-17(27)12-19(15)28)11-22-24(31)30(25(32)35-22)18-7-5-16(26)6-8-18/h3-12H,2,13H2,1H3/b22-11+. The summed E-state index contributed by atoms with van der Waals surface area (Å²) in [6.45, 7) is 2.52. The van der Waals surface area contributed by atoms with Gasteiger partial charge in [0.15, 0.2) is 11.5 Å². The van der Waals surface area contributed by atoms with Gasteiger partial charge in [0.2, 0.25) is 0 Å². The van der Waals surface area contributed by atoms with Crippen LogP contribution < -0.4 is 14.4 Å². The summed E-state index contributed by atoms with van der Waals surface area (Å²) in [5, 5.41) is 1.21. The third-order valence-electron chi connectivity index (χ3n) is 4.90. The summed E-state index contributed by atoms with van der Waals surface area (Å²) in [7, 11) is 0. The maximum Gasteiger partial charge on any atom is 0.298 e. The van der Waals surface area contributed by atoms with Crippen molar-refractivity contribution in [2.75, 3.05) is 11.5 Å². The lowest BCUT2D eigenvalue weighted by Gasteiger charge is -2.15. The van der Waals surface area contributed by atoms with Crippen LogP contribution >= 0.6 is 69.2 Å². The van der Waals surface area contributed by atoms with E-state index in [0.717, 1.165) is 25.8 Å². The first kappa shape index (κ1) is 26.2. The van der Waals surface area contributed by atoms with E-state index < -0.39 is 5.91 Å². The van der Waals surface area contributed by atoms with E-state index in [1.54, 1.807) is 48.5 Å². The minimum atomic E-state index is -0.395. The second-order valence-corrected chi connectivity index (χ2v) is 10.7. The number of hydrogen-bond acceptors (Lipinski definition) is 5. The molecule has 35 heavy (non-hydrogen) atoms. The van der Waals surface area contributed by atoms with Gasteiger partial charge < -0.3 is 9.47 Å². The minimum absolute atomic E-state index is 0.228. The van der Waals surface area contributed by atoms with Gasteiger partial charge in [-0.05, 0) is 101 Å². The Morgan fingerprint density at radius 2 is 1.69 bits per heavy atom. The SMILES string of the molecule is CCOc1cc(/C=C2/SC(=O)N(c3ccc(Cl)cc3)C2=O)cc(I)c1OCc1ccc(Cl)cc1Cl. The van der Waals surface area contributed by atoms with Gasteiger partial charge in [0, 0.05) is 20.6 Å². The van der Waals surface area contributed by atoms with Crippen LogP contribution in [0.1, 0.15) is 18.1 Å². The zero-order chi connectivity index (χ0) is 25.1. The molecule has 0 aromatic heterocycles. The maximum absolute atomic E-state index is 13.0. The first-order valence-electron chi connectivity index (χ1n) is 10.3. The second-order valence-electron chi connectivity index (χ2n) is 7.28. The topological polar surface area (TPSA) is 55.8 Å². The fraction of sp³-hybridized carbons (Fsp3) is 0.120. The highest BCUT2D eigenvalue weighted by molar-refractivity contribution is 14.1. The summed E-state index contributed by atoms with van der Waals surface area (Å²) in [6.07, 6.45) is 1.67. The Bertz CT molecular complexity index is 1330. The lowest BCUT2D eigenvalue weighted by atomic mass is 10.1. The van der Waals surface area contributed by atoms with E-state index in [0.29, 0.717) is 49.3 Å². The normalized spacial score (nSPS) is 14.7. The number of thioether (sulfide) groups is 1. The maximum atomic E-state index is 13.0. The molecule has 1 fully saturated rings. The first-order valence-corrected chi connectivity index (χ1v) is 13.4. The molecule has 1 heterocycles. The Kier molecular flexibility index (Phi) is 8.54. The van der Waals surface area contributed by atoms with Gasteiger partial charge in [-0.3, -0.25) is 9.59 Å². The Morgan fingerprint density at radius 1 is 0.971 bits per heavy atom. The lowest BCUT2D eigenvalue weighted by Crippen LogP contribution is -2.27. The van der Waals surface area contributed by atoms with Gasteiger partial charge in [-0.15, -0.1) is 0 Å². The van der Waals surface area contributed by atoms with Crippen LogP contribution in [0.4, 0.5) is 10.5 Å². The van der Waals surface area contributed by atoms with Crippen molar-refractivity contribution in [3.05, 3.63) is 89.3 Å². The van der Waals surface area contributed by atoms with Gasteiger partial charge in [0.25, 0.3) is 11.1 Å². The Balaban J connectivity index is 1.60. The molecular weight excluding hydrogens is 644 g/mol. The number of rotatable bonds is 7. The summed E-state index contributed by atoms with van der Waals surface area (Å²) >= 11 is 21.2. The average Bonchev–Trinajstić information content (AvgIpc) is 3.08. The molecule has 0 spiro atoms. The number of amides is 2. The molecule has 0 unspecified atom stereocenters. The lowest BCUT2D eigenvalue weighted by molar-refractivity contribution is -0.113. The highest BCUT2D eigenvalue weighted by Gasteiger charge is 2.36. The number of hydrogen-bond donors (Lipinski definition) is 0. The zero-order valence-corrected chi connectivity index (χ0v) is 23.4. The van der Waals surface area contributed by atoms with Crippen molar-refractivity contribution in [1.29, 1.82) is 0 Å². The molecule has 5 nitrogen and oxygen atoms in total. The summed E-state index contributed by atoms with van der Waals surface area (Å²) in [6, 6.07) is 15.4. The number of carbonyl (C=O) groups excluding carboxylic acids is 2. The molecular formula is C25H17Cl3INO4S. The van der Waals surface area contributed by atoms with Crippen LogP contribution in [0.15, 0.2) is 59.5 Å². The predicted molar refractivity (Wildman–Crippen MR) is 151 cm³/mol. The van der Waals surface area contributed by atoms with E-state index in [2.05, 4.69) is 22.6 Å². The molecule has 1 aliphatic rings. The molecule has 1 saturated heterocycles. The van der Waals surface area contributed by atoms with Crippen LogP contribution in [0.3, 0.4) is 0 Å². The van der Waals surface area contributed by atoms with Crippen molar-refractivity contribution >= 4 is 92.1 Å². The van der Waals surface area contributed by atoms with Gasteiger partial charge >= 0.3 is 0 Å². The van der Waals surface area contributed by atoms with Gasteiger partial charge in [0.1, 0.15) is 6.61 Å². The van der Waals surface area contributed by atoms with Crippen molar-refractivity contribution in [2.24, 2.45) is 0 Å². The van der Waals surface area contributed by atoms with Crippen molar-refractivity contribution in [2.45, 2.75) is 13.5 Å². The van der Waals surface area contributed by atoms with Crippen LogP contribution in [0.25, 0.3) is 6.08 Å². The molecule has 3 aromatic rings. The molecule has 0 aliphatic carbocycles. The molecule has 180 valence electrons. The highest BCUT2D eigenvalue weighted by Crippen LogP contribution is 2.39. The summed E-state index contributed by atoms with van der Waals surface area (Å²) in [5.74, 6) is 0.686. The number of ether oxygens (including phenoxy) is 2. The molecule has 3 aromatic carbocycles. The fourth-order valence-electron chi connectivity index (χ4n) is 3.29. The van der Waals surface area contributed by atoms with E-state index in [9.17, 15) is 9.59 Å². The molecule has 0 N–H and O–H groups in total. The Morgan fingerprint density at radius 3 is 2.37 bits per heavy atom. The molecule has 1 aliphatic heterocycles. The number of halogens is 4. The average molecular weight is 661 g/mol. The van der Waals surface area contributed by atoms with Gasteiger partial charge in [-0.2, -0.15) is 0 Å². The van der Waals surface area contributed by atoms with Gasteiger partial charge in [-0.25, -0.2) is 4.90 Å². The summed E-state index contributed by atoms with van der Waals surface area (Å²) in [5.41, 5.74) is 1.96. The molecule has 2 amide bonds. The van der Waals surface area contributed by atoms with Crippen molar-refractivity contribution in [3.63, 3.8) is 0 Å². The highest BCUT2D eigenvalue weighted by atomic mass is 127. The minimum Gasteiger partial charge on any atom is -0.490 e. The van der Waals surface area contributed by atoms with Crippen molar-refractivity contribution in [3.8, 4) is 11.5 Å². The summed E-state index contributed by atoms with van der Waals surface area (Å²) in [4.78, 5) is 27.0. The first-order chi connectivity index (χ1) is 16.8. The van der Waals surface area contributed by atoms with Crippen LogP contribution in [0, 0.1) is 3.57 Å².